The Hall–Kier alpha value is -6.81. The molecule has 4 aromatic rings. The molecule has 0 radical (unpaired) electrons. The number of rotatable bonds is 16. The van der Waals surface area contributed by atoms with Crippen molar-refractivity contribution < 1.29 is 120 Å². The average molecular weight is 941 g/mol. The molecule has 0 bridgehead atoms. The third-order valence-corrected chi connectivity index (χ3v) is 6.69. The second-order valence-corrected chi connectivity index (χ2v) is 13.5. The van der Waals surface area contributed by atoms with Gasteiger partial charge in [-0.2, -0.15) is 19.6 Å². The maximum Gasteiger partial charge on any atom is 4.00 e. The molecule has 344 valence electrons. The standard InChI is InChI=1S/4C11H12O5.Ti/c4*1-7(2)15-16-11(14)9-5-3-8(4-6-9)10(12)13;/h4*3-7H,1-2H3,(H,12,13);/q;;;;+4/p-4. The molecule has 0 saturated carbocycles. The topological polar surface area (TPSA) is 303 Å². The average Bonchev–Trinajstić information content (AvgIpc) is 3.26. The third kappa shape index (κ3) is 24.0. The van der Waals surface area contributed by atoms with Crippen molar-refractivity contribution in [2.75, 3.05) is 0 Å². The number of benzene rings is 4. The van der Waals surface area contributed by atoms with Crippen molar-refractivity contribution in [3.63, 3.8) is 0 Å². The van der Waals surface area contributed by atoms with Crippen molar-refractivity contribution in [2.24, 2.45) is 0 Å². The summed E-state index contributed by atoms with van der Waals surface area (Å²) >= 11 is 0. The van der Waals surface area contributed by atoms with E-state index < -0.39 is 47.8 Å². The van der Waals surface area contributed by atoms with E-state index in [4.69, 9.17) is 0 Å². The Kier molecular flexibility index (Phi) is 27.1. The largest absolute Gasteiger partial charge is 4.00 e. The quantitative estimate of drug-likeness (QED) is 0.0883. The zero-order chi connectivity index (χ0) is 48.5. The summed E-state index contributed by atoms with van der Waals surface area (Å²) in [4.78, 5) is 124. The van der Waals surface area contributed by atoms with Gasteiger partial charge in [-0.05, 0) is 126 Å². The van der Waals surface area contributed by atoms with Gasteiger partial charge in [0, 0.05) is 0 Å². The van der Waals surface area contributed by atoms with Crippen LogP contribution < -0.4 is 20.4 Å². The molecule has 0 spiro atoms. The van der Waals surface area contributed by atoms with Crippen molar-refractivity contribution >= 4 is 47.8 Å². The minimum Gasteiger partial charge on any atom is -0.545 e. The van der Waals surface area contributed by atoms with Gasteiger partial charge in [-0.1, -0.05) is 48.5 Å². The summed E-state index contributed by atoms with van der Waals surface area (Å²) in [5.74, 6) is -7.84. The first-order valence-corrected chi connectivity index (χ1v) is 18.8. The first kappa shape index (κ1) is 58.2. The molecule has 0 N–H and O–H groups in total. The SMILES string of the molecule is CC(C)OOC(=O)c1ccc(C(=O)[O-])cc1.CC(C)OOC(=O)c1ccc(C(=O)[O-])cc1.CC(C)OOC(=O)c1ccc(C(=O)[O-])cc1.CC(C)OOC(=O)c1ccc(C(=O)[O-])cc1.[Ti+4]. The Balaban J connectivity index is 0.000000836. The zero-order valence-corrected chi connectivity index (χ0v) is 37.8. The number of aromatic carboxylic acids is 4. The van der Waals surface area contributed by atoms with Crippen LogP contribution in [0.3, 0.4) is 0 Å². The number of carbonyl (C=O) groups excluding carboxylic acids is 8. The molecule has 4 rings (SSSR count). The smallest absolute Gasteiger partial charge is 0.545 e. The molecule has 4 aromatic carbocycles. The summed E-state index contributed by atoms with van der Waals surface area (Å²) in [5, 5.41) is 41.8. The predicted molar refractivity (Wildman–Crippen MR) is 210 cm³/mol. The molecule has 0 atom stereocenters. The number of carboxylic acid groups (broad SMARTS) is 4. The van der Waals surface area contributed by atoms with E-state index in [0.29, 0.717) is 0 Å². The van der Waals surface area contributed by atoms with Crippen LogP contribution in [0.1, 0.15) is 138 Å². The molecule has 0 heterocycles. The fourth-order valence-corrected chi connectivity index (χ4v) is 3.72. The van der Waals surface area contributed by atoms with E-state index in [2.05, 4.69) is 39.1 Å². The molecule has 0 aliphatic carbocycles. The second-order valence-electron chi connectivity index (χ2n) is 13.5. The summed E-state index contributed by atoms with van der Waals surface area (Å²) in [5.41, 5.74) is 0.859. The van der Waals surface area contributed by atoms with Gasteiger partial charge in [0.1, 0.15) is 0 Å². The van der Waals surface area contributed by atoms with E-state index >= 15 is 0 Å². The number of hydrogen-bond donors (Lipinski definition) is 0. The van der Waals surface area contributed by atoms with Gasteiger partial charge in [-0.3, -0.25) is 19.6 Å². The third-order valence-electron chi connectivity index (χ3n) is 6.69. The zero-order valence-electron chi connectivity index (χ0n) is 36.2. The second kappa shape index (κ2) is 30.3. The van der Waals surface area contributed by atoms with Gasteiger partial charge < -0.3 is 39.6 Å². The van der Waals surface area contributed by atoms with Crippen molar-refractivity contribution in [3.8, 4) is 0 Å². The van der Waals surface area contributed by atoms with Gasteiger partial charge in [-0.15, -0.1) is 0 Å². The molecule has 21 heteroatoms. The van der Waals surface area contributed by atoms with E-state index in [-0.39, 0.29) is 90.6 Å². The first-order valence-electron chi connectivity index (χ1n) is 18.8. The van der Waals surface area contributed by atoms with Crippen LogP contribution in [0.5, 0.6) is 0 Å². The van der Waals surface area contributed by atoms with E-state index in [0.717, 1.165) is 0 Å². The van der Waals surface area contributed by atoms with Gasteiger partial charge in [0.25, 0.3) is 0 Å². The van der Waals surface area contributed by atoms with Gasteiger partial charge in [-0.25, -0.2) is 19.2 Å². The van der Waals surface area contributed by atoms with Crippen LogP contribution in [0.4, 0.5) is 0 Å². The normalized spacial score (nSPS) is 10.0. The number of hydrogen-bond acceptors (Lipinski definition) is 20. The van der Waals surface area contributed by atoms with Crippen molar-refractivity contribution in [1.82, 2.24) is 0 Å². The van der Waals surface area contributed by atoms with E-state index in [1.807, 2.05) is 0 Å². The van der Waals surface area contributed by atoms with Crippen LogP contribution in [-0.4, -0.2) is 72.2 Å². The van der Waals surface area contributed by atoms with E-state index in [1.54, 1.807) is 55.4 Å². The maximum atomic E-state index is 11.3. The van der Waals surface area contributed by atoms with Gasteiger partial charge in [0.2, 0.25) is 0 Å². The van der Waals surface area contributed by atoms with Crippen LogP contribution >= 0.6 is 0 Å². The molecule has 0 unspecified atom stereocenters. The summed E-state index contributed by atoms with van der Waals surface area (Å²) < 4.78 is 0. The molecule has 0 saturated heterocycles. The van der Waals surface area contributed by atoms with Crippen LogP contribution in [0.15, 0.2) is 97.1 Å². The van der Waals surface area contributed by atoms with Gasteiger partial charge in [0.15, 0.2) is 0 Å². The Bertz CT molecular complexity index is 1840. The molecule has 65 heavy (non-hydrogen) atoms. The first-order chi connectivity index (χ1) is 30.0. The molecule has 0 aliphatic heterocycles. The van der Waals surface area contributed by atoms with Crippen molar-refractivity contribution in [2.45, 2.75) is 79.8 Å². The molecular formula is C44H44O20Ti. The van der Waals surface area contributed by atoms with E-state index in [9.17, 15) is 58.8 Å². The summed E-state index contributed by atoms with van der Waals surface area (Å²) in [6.07, 6.45) is -0.921. The summed E-state index contributed by atoms with van der Waals surface area (Å²) in [6.45, 7) is 13.7. The van der Waals surface area contributed by atoms with Gasteiger partial charge >= 0.3 is 45.6 Å². The van der Waals surface area contributed by atoms with Crippen LogP contribution in [0.25, 0.3) is 0 Å². The molecule has 0 amide bonds. The van der Waals surface area contributed by atoms with E-state index in [1.165, 1.54) is 97.1 Å². The minimum atomic E-state index is -1.29. The molecular weight excluding hydrogens is 896 g/mol. The number of carboxylic acids is 4. The van der Waals surface area contributed by atoms with Crippen molar-refractivity contribution in [3.05, 3.63) is 142 Å². The Morgan fingerprint density at radius 1 is 0.292 bits per heavy atom. The molecule has 0 fully saturated rings. The fraction of sp³-hybridized carbons (Fsp3) is 0.273. The maximum absolute atomic E-state index is 11.3. The molecule has 0 aliphatic rings. The Labute approximate surface area is 387 Å². The van der Waals surface area contributed by atoms with Crippen molar-refractivity contribution in [1.29, 1.82) is 0 Å². The van der Waals surface area contributed by atoms with Crippen LogP contribution in [0, 0.1) is 0 Å². The monoisotopic (exact) mass is 940 g/mol. The summed E-state index contributed by atoms with van der Waals surface area (Å²) in [6, 6.07) is 20.8. The number of carbonyl (C=O) groups is 8. The predicted octanol–water partition coefficient (Wildman–Crippen LogP) is 2.19. The fourth-order valence-electron chi connectivity index (χ4n) is 3.72. The summed E-state index contributed by atoms with van der Waals surface area (Å²) in [7, 11) is 0. The molecule has 20 nitrogen and oxygen atoms in total. The van der Waals surface area contributed by atoms with Crippen LogP contribution in [-0.2, 0) is 60.8 Å². The Morgan fingerprint density at radius 2 is 0.415 bits per heavy atom. The molecule has 0 aromatic heterocycles. The Morgan fingerprint density at radius 3 is 0.523 bits per heavy atom. The van der Waals surface area contributed by atoms with Crippen LogP contribution in [0.2, 0.25) is 0 Å². The van der Waals surface area contributed by atoms with Gasteiger partial charge in [0.05, 0.1) is 70.5 Å². The minimum absolute atomic E-state index is 0.